The molecule has 1 heterocycles. The monoisotopic (exact) mass is 445 g/mol. The second-order valence-corrected chi connectivity index (χ2v) is 7.94. The first kappa shape index (κ1) is 21.4. The lowest BCUT2D eigenvalue weighted by Crippen LogP contribution is -2.13. The molecular formula is C25H23N3O3S. The Morgan fingerprint density at radius 1 is 0.969 bits per heavy atom. The molecule has 1 amide bonds. The summed E-state index contributed by atoms with van der Waals surface area (Å²) in [5, 5.41) is 9.11. The van der Waals surface area contributed by atoms with Crippen molar-refractivity contribution in [2.45, 2.75) is 6.92 Å². The summed E-state index contributed by atoms with van der Waals surface area (Å²) in [5.74, 6) is 0.810. The summed E-state index contributed by atoms with van der Waals surface area (Å²) < 4.78 is 10.5. The Hall–Kier alpha value is -3.84. The number of hydrogen-bond acceptors (Lipinski definition) is 6. The van der Waals surface area contributed by atoms with Gasteiger partial charge in [0.15, 0.2) is 5.13 Å². The third-order valence-electron chi connectivity index (χ3n) is 4.96. The summed E-state index contributed by atoms with van der Waals surface area (Å²) in [4.78, 5) is 17.5. The molecule has 0 atom stereocenters. The van der Waals surface area contributed by atoms with Gasteiger partial charge >= 0.3 is 0 Å². The standard InChI is InChI=1S/C25H23N3O3S/c1-16-7-4-5-10-21(16)27-25-28-22(15-32-25)17-8-6-9-18(13-17)26-24(29)20-12-11-19(30-2)14-23(20)31-3/h4-15H,1-3H3,(H,26,29)(H,27,28). The van der Waals surface area contributed by atoms with Gasteiger partial charge in [-0.3, -0.25) is 4.79 Å². The number of aromatic nitrogens is 1. The highest BCUT2D eigenvalue weighted by Gasteiger charge is 2.14. The predicted octanol–water partition coefficient (Wildman–Crippen LogP) is 6.13. The lowest BCUT2D eigenvalue weighted by molar-refractivity contribution is 0.102. The van der Waals surface area contributed by atoms with E-state index in [-0.39, 0.29) is 5.91 Å². The number of benzene rings is 3. The van der Waals surface area contributed by atoms with Crippen LogP contribution in [0.4, 0.5) is 16.5 Å². The van der Waals surface area contributed by atoms with Crippen LogP contribution in [-0.4, -0.2) is 25.1 Å². The summed E-state index contributed by atoms with van der Waals surface area (Å²) in [6.07, 6.45) is 0. The van der Waals surface area contributed by atoms with E-state index in [2.05, 4.69) is 23.6 Å². The van der Waals surface area contributed by atoms with Crippen molar-refractivity contribution in [3.05, 3.63) is 83.2 Å². The molecule has 0 saturated carbocycles. The average Bonchev–Trinajstić information content (AvgIpc) is 3.29. The van der Waals surface area contributed by atoms with Crippen LogP contribution in [0.5, 0.6) is 11.5 Å². The van der Waals surface area contributed by atoms with Crippen LogP contribution >= 0.6 is 11.3 Å². The van der Waals surface area contributed by atoms with Gasteiger partial charge in [0.2, 0.25) is 0 Å². The molecule has 6 nitrogen and oxygen atoms in total. The number of nitrogens with one attached hydrogen (secondary N) is 2. The first-order valence-electron chi connectivity index (χ1n) is 9.99. The smallest absolute Gasteiger partial charge is 0.259 e. The van der Waals surface area contributed by atoms with E-state index in [1.807, 2.05) is 47.8 Å². The molecule has 3 aromatic carbocycles. The lowest BCUT2D eigenvalue weighted by atomic mass is 10.1. The molecule has 0 aliphatic heterocycles. The van der Waals surface area contributed by atoms with Gasteiger partial charge in [0.1, 0.15) is 11.5 Å². The number of para-hydroxylation sites is 1. The van der Waals surface area contributed by atoms with Crippen LogP contribution in [0.25, 0.3) is 11.3 Å². The first-order chi connectivity index (χ1) is 15.6. The molecule has 0 saturated heterocycles. The molecule has 0 unspecified atom stereocenters. The highest BCUT2D eigenvalue weighted by molar-refractivity contribution is 7.14. The SMILES string of the molecule is COc1ccc(C(=O)Nc2cccc(-c3csc(Nc4ccccc4C)n3)c2)c(OC)c1. The second-order valence-electron chi connectivity index (χ2n) is 7.08. The molecule has 0 spiro atoms. The number of nitrogens with zero attached hydrogens (tertiary/aromatic N) is 1. The summed E-state index contributed by atoms with van der Waals surface area (Å²) >= 11 is 1.53. The number of aryl methyl sites for hydroxylation is 1. The van der Waals surface area contributed by atoms with Gasteiger partial charge < -0.3 is 20.1 Å². The summed E-state index contributed by atoms with van der Waals surface area (Å²) in [7, 11) is 3.09. The van der Waals surface area contributed by atoms with Crippen LogP contribution in [-0.2, 0) is 0 Å². The Bertz CT molecular complexity index is 1250. The number of rotatable bonds is 7. The Morgan fingerprint density at radius 3 is 2.59 bits per heavy atom. The Morgan fingerprint density at radius 2 is 1.81 bits per heavy atom. The molecule has 1 aromatic heterocycles. The zero-order chi connectivity index (χ0) is 22.5. The highest BCUT2D eigenvalue weighted by Crippen LogP contribution is 2.30. The number of carbonyl (C=O) groups is 1. The predicted molar refractivity (Wildman–Crippen MR) is 130 cm³/mol. The number of ether oxygens (including phenoxy) is 2. The number of anilines is 3. The van der Waals surface area contributed by atoms with Crippen molar-refractivity contribution in [3.63, 3.8) is 0 Å². The van der Waals surface area contributed by atoms with Crippen molar-refractivity contribution >= 4 is 33.8 Å². The number of methoxy groups -OCH3 is 2. The molecular weight excluding hydrogens is 422 g/mol. The molecule has 0 bridgehead atoms. The van der Waals surface area contributed by atoms with E-state index in [1.54, 1.807) is 25.3 Å². The fourth-order valence-corrected chi connectivity index (χ4v) is 3.96. The fraction of sp³-hybridized carbons (Fsp3) is 0.120. The molecule has 162 valence electrons. The number of thiazole rings is 1. The highest BCUT2D eigenvalue weighted by atomic mass is 32.1. The van der Waals surface area contributed by atoms with Gasteiger partial charge in [-0.25, -0.2) is 4.98 Å². The van der Waals surface area contributed by atoms with Crippen LogP contribution in [0, 0.1) is 6.92 Å². The van der Waals surface area contributed by atoms with Crippen molar-refractivity contribution in [1.29, 1.82) is 0 Å². The number of carbonyl (C=O) groups excluding carboxylic acids is 1. The molecule has 0 fully saturated rings. The zero-order valence-corrected chi connectivity index (χ0v) is 18.8. The van der Waals surface area contributed by atoms with E-state index < -0.39 is 0 Å². The third-order valence-corrected chi connectivity index (χ3v) is 5.72. The van der Waals surface area contributed by atoms with Crippen molar-refractivity contribution in [2.24, 2.45) is 0 Å². The van der Waals surface area contributed by atoms with E-state index in [4.69, 9.17) is 14.5 Å². The quantitative estimate of drug-likeness (QED) is 0.358. The van der Waals surface area contributed by atoms with Crippen molar-refractivity contribution in [1.82, 2.24) is 4.98 Å². The molecule has 0 aliphatic carbocycles. The molecule has 2 N–H and O–H groups in total. The fourth-order valence-electron chi connectivity index (χ4n) is 3.23. The second kappa shape index (κ2) is 9.53. The van der Waals surface area contributed by atoms with Crippen LogP contribution in [0.1, 0.15) is 15.9 Å². The van der Waals surface area contributed by atoms with Gasteiger partial charge in [0, 0.05) is 28.4 Å². The van der Waals surface area contributed by atoms with E-state index in [0.717, 1.165) is 27.6 Å². The van der Waals surface area contributed by atoms with Crippen LogP contribution in [0.3, 0.4) is 0 Å². The normalized spacial score (nSPS) is 10.5. The number of amides is 1. The maximum Gasteiger partial charge on any atom is 0.259 e. The maximum atomic E-state index is 12.8. The van der Waals surface area contributed by atoms with Crippen LogP contribution < -0.4 is 20.1 Å². The minimum absolute atomic E-state index is 0.262. The summed E-state index contributed by atoms with van der Waals surface area (Å²) in [6.45, 7) is 2.06. The first-order valence-corrected chi connectivity index (χ1v) is 10.9. The Kier molecular flexibility index (Phi) is 6.37. The van der Waals surface area contributed by atoms with Gasteiger partial charge in [0.05, 0.1) is 25.5 Å². The summed E-state index contributed by atoms with van der Waals surface area (Å²) in [6, 6.07) is 20.8. The maximum absolute atomic E-state index is 12.8. The molecule has 0 aliphatic rings. The molecule has 4 rings (SSSR count). The van der Waals surface area contributed by atoms with Crippen molar-refractivity contribution < 1.29 is 14.3 Å². The van der Waals surface area contributed by atoms with E-state index in [1.165, 1.54) is 18.4 Å². The summed E-state index contributed by atoms with van der Waals surface area (Å²) in [5.41, 5.74) is 5.04. The molecule has 4 aromatic rings. The van der Waals surface area contributed by atoms with Crippen molar-refractivity contribution in [2.75, 3.05) is 24.9 Å². The van der Waals surface area contributed by atoms with Gasteiger partial charge in [-0.2, -0.15) is 0 Å². The Balaban J connectivity index is 1.51. The minimum atomic E-state index is -0.262. The Labute approximate surface area is 190 Å². The number of hydrogen-bond donors (Lipinski definition) is 2. The topological polar surface area (TPSA) is 72.5 Å². The minimum Gasteiger partial charge on any atom is -0.497 e. The average molecular weight is 446 g/mol. The molecule has 0 radical (unpaired) electrons. The lowest BCUT2D eigenvalue weighted by Gasteiger charge is -2.11. The van der Waals surface area contributed by atoms with Gasteiger partial charge in [-0.15, -0.1) is 11.3 Å². The molecule has 7 heteroatoms. The van der Waals surface area contributed by atoms with Gasteiger partial charge in [-0.05, 0) is 42.8 Å². The van der Waals surface area contributed by atoms with Gasteiger partial charge in [-0.1, -0.05) is 30.3 Å². The van der Waals surface area contributed by atoms with E-state index in [9.17, 15) is 4.79 Å². The van der Waals surface area contributed by atoms with Crippen LogP contribution in [0.2, 0.25) is 0 Å². The van der Waals surface area contributed by atoms with Crippen LogP contribution in [0.15, 0.2) is 72.1 Å². The molecule has 32 heavy (non-hydrogen) atoms. The van der Waals surface area contributed by atoms with E-state index in [0.29, 0.717) is 22.7 Å². The third kappa shape index (κ3) is 4.73. The van der Waals surface area contributed by atoms with E-state index >= 15 is 0 Å². The van der Waals surface area contributed by atoms with Crippen molar-refractivity contribution in [3.8, 4) is 22.8 Å². The zero-order valence-electron chi connectivity index (χ0n) is 18.0. The van der Waals surface area contributed by atoms with Gasteiger partial charge in [0.25, 0.3) is 5.91 Å². The largest absolute Gasteiger partial charge is 0.497 e.